The molecule has 6 heteroatoms. The number of aryl methyl sites for hydroxylation is 2. The highest BCUT2D eigenvalue weighted by atomic mass is 16.5. The van der Waals surface area contributed by atoms with E-state index in [2.05, 4.69) is 36.2 Å². The molecule has 2 aromatic heterocycles. The molecule has 2 rings (SSSR count). The Labute approximate surface area is 119 Å². The number of aromatic nitrogens is 3. The Morgan fingerprint density at radius 2 is 2.15 bits per heavy atom. The Kier molecular flexibility index (Phi) is 4.13. The van der Waals surface area contributed by atoms with Crippen molar-refractivity contribution in [2.75, 3.05) is 0 Å². The third-order valence-electron chi connectivity index (χ3n) is 2.80. The third-order valence-corrected chi connectivity index (χ3v) is 2.80. The van der Waals surface area contributed by atoms with Gasteiger partial charge in [-0.05, 0) is 33.8 Å². The molecule has 0 radical (unpaired) electrons. The van der Waals surface area contributed by atoms with Gasteiger partial charge in [0.1, 0.15) is 24.5 Å². The molecule has 0 unspecified atom stereocenters. The van der Waals surface area contributed by atoms with E-state index in [4.69, 9.17) is 9.15 Å². The van der Waals surface area contributed by atoms with Gasteiger partial charge in [-0.1, -0.05) is 0 Å². The lowest BCUT2D eigenvalue weighted by Crippen LogP contribution is -2.35. The van der Waals surface area contributed by atoms with E-state index in [0.717, 1.165) is 23.6 Å². The van der Waals surface area contributed by atoms with Crippen LogP contribution in [0.25, 0.3) is 0 Å². The van der Waals surface area contributed by atoms with Crippen molar-refractivity contribution in [3.05, 3.63) is 29.5 Å². The van der Waals surface area contributed by atoms with Crippen LogP contribution >= 0.6 is 0 Å². The maximum absolute atomic E-state index is 5.68. The predicted octanol–water partition coefficient (Wildman–Crippen LogP) is 2.18. The van der Waals surface area contributed by atoms with E-state index in [1.165, 1.54) is 0 Å². The number of nitrogens with one attached hydrogen (secondary N) is 1. The molecule has 0 aliphatic carbocycles. The van der Waals surface area contributed by atoms with Gasteiger partial charge in [0.2, 0.25) is 0 Å². The van der Waals surface area contributed by atoms with Crippen molar-refractivity contribution in [2.45, 2.75) is 46.4 Å². The van der Waals surface area contributed by atoms with E-state index in [0.29, 0.717) is 12.6 Å². The largest absolute Gasteiger partial charge is 0.462 e. The minimum atomic E-state index is 0.0816. The maximum atomic E-state index is 5.68. The van der Waals surface area contributed by atoms with Crippen LogP contribution in [-0.4, -0.2) is 20.3 Å². The van der Waals surface area contributed by atoms with E-state index >= 15 is 0 Å². The number of hydrogen-bond acceptors (Lipinski definition) is 5. The fourth-order valence-electron chi connectivity index (χ4n) is 1.72. The van der Waals surface area contributed by atoms with Crippen LogP contribution in [-0.2, 0) is 20.2 Å². The van der Waals surface area contributed by atoms with Crippen LogP contribution in [0.15, 0.2) is 16.8 Å². The van der Waals surface area contributed by atoms with Gasteiger partial charge in [0.05, 0.1) is 0 Å². The molecule has 0 aliphatic rings. The molecule has 2 heterocycles. The van der Waals surface area contributed by atoms with Crippen LogP contribution in [0.3, 0.4) is 0 Å². The maximum Gasteiger partial charge on any atom is 0.335 e. The van der Waals surface area contributed by atoms with Gasteiger partial charge in [0.25, 0.3) is 0 Å². The topological polar surface area (TPSA) is 65.1 Å². The molecular weight excluding hydrogens is 256 g/mol. The number of furan rings is 1. The van der Waals surface area contributed by atoms with Crippen molar-refractivity contribution in [3.63, 3.8) is 0 Å². The van der Waals surface area contributed by atoms with Crippen molar-refractivity contribution in [1.82, 2.24) is 20.1 Å². The molecule has 2 aromatic rings. The average Bonchev–Trinajstić information content (AvgIpc) is 2.90. The van der Waals surface area contributed by atoms with Gasteiger partial charge in [-0.25, -0.2) is 0 Å². The first-order valence-electron chi connectivity index (χ1n) is 6.65. The molecule has 110 valence electrons. The summed E-state index contributed by atoms with van der Waals surface area (Å²) < 4.78 is 12.7. The fourth-order valence-corrected chi connectivity index (χ4v) is 1.72. The molecule has 0 saturated heterocycles. The van der Waals surface area contributed by atoms with E-state index in [9.17, 15) is 0 Å². The van der Waals surface area contributed by atoms with E-state index in [1.54, 1.807) is 18.1 Å². The van der Waals surface area contributed by atoms with Crippen LogP contribution in [0.5, 0.6) is 6.01 Å². The van der Waals surface area contributed by atoms with E-state index in [-0.39, 0.29) is 5.54 Å². The van der Waals surface area contributed by atoms with Crippen LogP contribution < -0.4 is 10.1 Å². The Morgan fingerprint density at radius 3 is 2.75 bits per heavy atom. The van der Waals surface area contributed by atoms with Crippen molar-refractivity contribution in [2.24, 2.45) is 7.05 Å². The Bertz CT molecular complexity index is 566. The third kappa shape index (κ3) is 4.09. The predicted molar refractivity (Wildman–Crippen MR) is 75.4 cm³/mol. The molecule has 6 nitrogen and oxygen atoms in total. The second kappa shape index (κ2) is 5.66. The van der Waals surface area contributed by atoms with Gasteiger partial charge in [0.15, 0.2) is 0 Å². The molecule has 1 N–H and O–H groups in total. The summed E-state index contributed by atoms with van der Waals surface area (Å²) in [6, 6.07) is 2.37. The van der Waals surface area contributed by atoms with Gasteiger partial charge >= 0.3 is 6.01 Å². The van der Waals surface area contributed by atoms with Crippen molar-refractivity contribution in [3.8, 4) is 6.01 Å². The summed E-state index contributed by atoms with van der Waals surface area (Å²) in [5.41, 5.74) is 1.23. The molecular formula is C14H22N4O2. The summed E-state index contributed by atoms with van der Waals surface area (Å²) in [5.74, 6) is 1.69. The van der Waals surface area contributed by atoms with Gasteiger partial charge in [0, 0.05) is 24.7 Å². The zero-order valence-electron chi connectivity index (χ0n) is 12.7. The smallest absolute Gasteiger partial charge is 0.335 e. The number of rotatable bonds is 5. The minimum Gasteiger partial charge on any atom is -0.462 e. The number of hydrogen-bond donors (Lipinski definition) is 1. The van der Waals surface area contributed by atoms with Crippen LogP contribution in [0.2, 0.25) is 0 Å². The molecule has 0 spiro atoms. The summed E-state index contributed by atoms with van der Waals surface area (Å²) in [5, 5.41) is 7.49. The molecule has 0 bridgehead atoms. The minimum absolute atomic E-state index is 0.0816. The average molecular weight is 278 g/mol. The highest BCUT2D eigenvalue weighted by molar-refractivity contribution is 5.20. The standard InChI is InChI=1S/C14H22N4O2/c1-10-11(7-16-14(2,3)4)6-12(20-10)8-19-13-15-9-18(5)17-13/h6,9,16H,7-8H2,1-5H3. The molecule has 0 amide bonds. The molecule has 0 aromatic carbocycles. The fraction of sp³-hybridized carbons (Fsp3) is 0.571. The monoisotopic (exact) mass is 278 g/mol. The first-order valence-corrected chi connectivity index (χ1v) is 6.65. The van der Waals surface area contributed by atoms with Crippen molar-refractivity contribution < 1.29 is 9.15 Å². The summed E-state index contributed by atoms with van der Waals surface area (Å²) in [6.07, 6.45) is 1.60. The van der Waals surface area contributed by atoms with Gasteiger partial charge < -0.3 is 14.5 Å². The lowest BCUT2D eigenvalue weighted by molar-refractivity contribution is 0.247. The highest BCUT2D eigenvalue weighted by Gasteiger charge is 2.13. The van der Waals surface area contributed by atoms with Crippen LogP contribution in [0, 0.1) is 6.92 Å². The second-order valence-corrected chi connectivity index (χ2v) is 5.89. The second-order valence-electron chi connectivity index (χ2n) is 5.89. The molecule has 0 saturated carbocycles. The van der Waals surface area contributed by atoms with Gasteiger partial charge in [-0.15, -0.1) is 5.10 Å². The zero-order valence-corrected chi connectivity index (χ0v) is 12.7. The summed E-state index contributed by atoms with van der Waals surface area (Å²) in [7, 11) is 1.80. The Morgan fingerprint density at radius 1 is 1.40 bits per heavy atom. The highest BCUT2D eigenvalue weighted by Crippen LogP contribution is 2.17. The normalized spacial score (nSPS) is 11.8. The molecule has 20 heavy (non-hydrogen) atoms. The Balaban J connectivity index is 1.93. The molecule has 0 fully saturated rings. The summed E-state index contributed by atoms with van der Waals surface area (Å²) in [6.45, 7) is 9.49. The first kappa shape index (κ1) is 14.6. The lowest BCUT2D eigenvalue weighted by atomic mass is 10.1. The first-order chi connectivity index (χ1) is 9.33. The summed E-state index contributed by atoms with van der Waals surface area (Å²) in [4.78, 5) is 4.00. The SMILES string of the molecule is Cc1oc(COc2ncn(C)n2)cc1CNC(C)(C)C. The number of ether oxygens (including phenoxy) is 1. The Hall–Kier alpha value is -1.82. The zero-order chi connectivity index (χ0) is 14.8. The lowest BCUT2D eigenvalue weighted by Gasteiger charge is -2.20. The van der Waals surface area contributed by atoms with E-state index in [1.807, 2.05) is 13.0 Å². The number of nitrogens with zero attached hydrogens (tertiary/aromatic N) is 3. The van der Waals surface area contributed by atoms with Crippen molar-refractivity contribution >= 4 is 0 Å². The van der Waals surface area contributed by atoms with Crippen molar-refractivity contribution in [1.29, 1.82) is 0 Å². The molecule has 0 aliphatic heterocycles. The van der Waals surface area contributed by atoms with E-state index < -0.39 is 0 Å². The van der Waals surface area contributed by atoms with Crippen LogP contribution in [0.1, 0.15) is 37.9 Å². The van der Waals surface area contributed by atoms with Gasteiger partial charge in [-0.3, -0.25) is 4.68 Å². The van der Waals surface area contributed by atoms with Gasteiger partial charge in [-0.2, -0.15) is 4.98 Å². The quantitative estimate of drug-likeness (QED) is 0.908. The van der Waals surface area contributed by atoms with Crippen LogP contribution in [0.4, 0.5) is 0 Å². The summed E-state index contributed by atoms with van der Waals surface area (Å²) >= 11 is 0. The molecule has 0 atom stereocenters.